The van der Waals surface area contributed by atoms with Gasteiger partial charge in [-0.15, -0.1) is 0 Å². The third kappa shape index (κ3) is 3.71. The van der Waals surface area contributed by atoms with Crippen molar-refractivity contribution in [3.63, 3.8) is 0 Å². The summed E-state index contributed by atoms with van der Waals surface area (Å²) < 4.78 is 26.0. The number of rotatable bonds is 2. The minimum absolute atomic E-state index is 0.0162. The molecule has 2 rings (SSSR count). The molecule has 1 aromatic carbocycles. The van der Waals surface area contributed by atoms with Gasteiger partial charge in [-0.2, -0.15) is 0 Å². The molecule has 1 atom stereocenters. The van der Waals surface area contributed by atoms with E-state index in [1.165, 1.54) is 0 Å². The van der Waals surface area contributed by atoms with Crippen LogP contribution in [0.1, 0.15) is 12.8 Å². The van der Waals surface area contributed by atoms with Crippen molar-refractivity contribution in [1.82, 2.24) is 0 Å². The molecule has 1 saturated heterocycles. The van der Waals surface area contributed by atoms with Crippen LogP contribution in [-0.2, 0) is 9.84 Å². The first-order valence-electron chi connectivity index (χ1n) is 5.49. The van der Waals surface area contributed by atoms with Crippen molar-refractivity contribution in [2.75, 3.05) is 16.8 Å². The highest BCUT2D eigenvalue weighted by atomic mass is 79.9. The lowest BCUT2D eigenvalue weighted by atomic mass is 10.1. The molecule has 0 aromatic heterocycles. The van der Waals surface area contributed by atoms with Crippen molar-refractivity contribution < 1.29 is 8.42 Å². The molecule has 1 aliphatic rings. The summed E-state index contributed by atoms with van der Waals surface area (Å²) in [6, 6.07) is 3.85. The molecular formula is C11H12Br3NO2S. The molecule has 3 nitrogen and oxygen atoms in total. The Hall–Kier alpha value is 0.410. The number of anilines is 1. The summed E-state index contributed by atoms with van der Waals surface area (Å²) in [7, 11) is -2.89. The second-order valence-corrected chi connectivity index (χ2v) is 9.20. The third-order valence-electron chi connectivity index (χ3n) is 2.82. The van der Waals surface area contributed by atoms with E-state index in [1.54, 1.807) is 0 Å². The molecule has 18 heavy (non-hydrogen) atoms. The van der Waals surface area contributed by atoms with Crippen molar-refractivity contribution in [3.8, 4) is 0 Å². The van der Waals surface area contributed by atoms with Crippen LogP contribution in [0.5, 0.6) is 0 Å². The lowest BCUT2D eigenvalue weighted by Gasteiger charge is -2.25. The zero-order valence-electron chi connectivity index (χ0n) is 9.42. The predicted octanol–water partition coefficient (Wildman–Crippen LogP) is 3.96. The van der Waals surface area contributed by atoms with E-state index in [1.807, 2.05) is 12.1 Å². The topological polar surface area (TPSA) is 46.2 Å². The highest BCUT2D eigenvalue weighted by Crippen LogP contribution is 2.35. The Morgan fingerprint density at radius 3 is 2.33 bits per heavy atom. The summed E-state index contributed by atoms with van der Waals surface area (Å²) in [6.07, 6.45) is 1.61. The van der Waals surface area contributed by atoms with Crippen molar-refractivity contribution in [1.29, 1.82) is 0 Å². The number of hydrogen-bond acceptors (Lipinski definition) is 3. The third-order valence-corrected chi connectivity index (χ3v) is 6.35. The maximum absolute atomic E-state index is 11.6. The molecule has 0 radical (unpaired) electrons. The van der Waals surface area contributed by atoms with Gasteiger partial charge in [-0.3, -0.25) is 0 Å². The van der Waals surface area contributed by atoms with Gasteiger partial charge in [0.05, 0.1) is 17.2 Å². The van der Waals surface area contributed by atoms with Crippen LogP contribution >= 0.6 is 47.8 Å². The van der Waals surface area contributed by atoms with Gasteiger partial charge in [-0.25, -0.2) is 8.42 Å². The van der Waals surface area contributed by atoms with E-state index in [-0.39, 0.29) is 11.8 Å². The van der Waals surface area contributed by atoms with Crippen LogP contribution in [0.3, 0.4) is 0 Å². The highest BCUT2D eigenvalue weighted by Gasteiger charge is 2.25. The average Bonchev–Trinajstić information content (AvgIpc) is 2.22. The number of nitrogens with one attached hydrogen (secondary N) is 1. The van der Waals surface area contributed by atoms with Gasteiger partial charge in [0.15, 0.2) is 9.84 Å². The first kappa shape index (κ1) is 14.8. The smallest absolute Gasteiger partial charge is 0.152 e. The van der Waals surface area contributed by atoms with Gasteiger partial charge in [0, 0.05) is 19.5 Å². The summed E-state index contributed by atoms with van der Waals surface area (Å²) in [6.45, 7) is 0. The maximum Gasteiger partial charge on any atom is 0.152 e. The Morgan fingerprint density at radius 1 is 1.17 bits per heavy atom. The van der Waals surface area contributed by atoms with Gasteiger partial charge < -0.3 is 5.32 Å². The molecule has 100 valence electrons. The highest BCUT2D eigenvalue weighted by molar-refractivity contribution is 9.11. The summed E-state index contributed by atoms with van der Waals surface area (Å²) in [5.41, 5.74) is 0.903. The fourth-order valence-electron chi connectivity index (χ4n) is 2.02. The largest absolute Gasteiger partial charge is 0.379 e. The Balaban J connectivity index is 2.19. The van der Waals surface area contributed by atoms with Gasteiger partial charge in [-0.05, 0) is 56.8 Å². The van der Waals surface area contributed by atoms with Crippen LogP contribution in [0.2, 0.25) is 0 Å². The number of hydrogen-bond donors (Lipinski definition) is 1. The molecule has 0 amide bonds. The van der Waals surface area contributed by atoms with Gasteiger partial charge in [-0.1, -0.05) is 15.9 Å². The summed E-state index contributed by atoms with van der Waals surface area (Å²) >= 11 is 10.4. The first-order valence-corrected chi connectivity index (χ1v) is 9.69. The van der Waals surface area contributed by atoms with Crippen LogP contribution < -0.4 is 5.32 Å². The minimum Gasteiger partial charge on any atom is -0.379 e. The van der Waals surface area contributed by atoms with E-state index in [4.69, 9.17) is 0 Å². The summed E-state index contributed by atoms with van der Waals surface area (Å²) in [5.74, 6) is 0.524. The van der Waals surface area contributed by atoms with E-state index in [2.05, 4.69) is 53.1 Å². The van der Waals surface area contributed by atoms with Gasteiger partial charge in [0.1, 0.15) is 0 Å². The standard InChI is InChI=1S/C11H12Br3NO2S/c12-7-4-9(13)11(10(14)5-7)15-8-2-1-3-18(16,17)6-8/h4-5,8,15H,1-3,6H2. The van der Waals surface area contributed by atoms with E-state index < -0.39 is 9.84 Å². The van der Waals surface area contributed by atoms with Crippen LogP contribution in [-0.4, -0.2) is 26.0 Å². The predicted molar refractivity (Wildman–Crippen MR) is 84.8 cm³/mol. The van der Waals surface area contributed by atoms with Crippen molar-refractivity contribution in [2.24, 2.45) is 0 Å². The molecule has 0 aliphatic carbocycles. The molecule has 0 bridgehead atoms. The van der Waals surface area contributed by atoms with Crippen molar-refractivity contribution in [2.45, 2.75) is 18.9 Å². The normalized spacial score (nSPS) is 22.7. The molecule has 1 aliphatic heterocycles. The average molecular weight is 462 g/mol. The Bertz CT molecular complexity index is 536. The molecule has 0 spiro atoms. The van der Waals surface area contributed by atoms with E-state index in [0.29, 0.717) is 5.75 Å². The quantitative estimate of drug-likeness (QED) is 0.725. The zero-order chi connectivity index (χ0) is 13.3. The second-order valence-electron chi connectivity index (χ2n) is 4.34. The molecule has 1 unspecified atom stereocenters. The van der Waals surface area contributed by atoms with Crippen LogP contribution in [0, 0.1) is 0 Å². The fourth-order valence-corrected chi connectivity index (χ4v) is 6.14. The SMILES string of the molecule is O=S1(=O)CCCC(Nc2c(Br)cc(Br)cc2Br)C1. The van der Waals surface area contributed by atoms with Gasteiger partial charge in [0.2, 0.25) is 0 Å². The van der Waals surface area contributed by atoms with E-state index in [9.17, 15) is 8.42 Å². The lowest BCUT2D eigenvalue weighted by Crippen LogP contribution is -2.35. The van der Waals surface area contributed by atoms with Gasteiger partial charge >= 0.3 is 0 Å². The Kier molecular flexibility index (Phi) is 4.78. The molecule has 7 heteroatoms. The summed E-state index contributed by atoms with van der Waals surface area (Å²) in [4.78, 5) is 0. The first-order chi connectivity index (χ1) is 8.37. The maximum atomic E-state index is 11.6. The Morgan fingerprint density at radius 2 is 1.78 bits per heavy atom. The molecular weight excluding hydrogens is 450 g/mol. The number of halogens is 3. The van der Waals surface area contributed by atoms with Crippen LogP contribution in [0.25, 0.3) is 0 Å². The molecule has 1 N–H and O–H groups in total. The van der Waals surface area contributed by atoms with Crippen molar-refractivity contribution in [3.05, 3.63) is 25.6 Å². The number of sulfone groups is 1. The molecule has 1 heterocycles. The van der Waals surface area contributed by atoms with Crippen LogP contribution in [0.15, 0.2) is 25.6 Å². The molecule has 1 fully saturated rings. The lowest BCUT2D eigenvalue weighted by molar-refractivity contribution is 0.562. The Labute approximate surface area is 132 Å². The number of benzene rings is 1. The van der Waals surface area contributed by atoms with Crippen LogP contribution in [0.4, 0.5) is 5.69 Å². The zero-order valence-corrected chi connectivity index (χ0v) is 15.0. The van der Waals surface area contributed by atoms with E-state index in [0.717, 1.165) is 31.9 Å². The minimum atomic E-state index is -2.89. The summed E-state index contributed by atoms with van der Waals surface area (Å²) in [5, 5.41) is 3.31. The van der Waals surface area contributed by atoms with Crippen molar-refractivity contribution >= 4 is 63.3 Å². The second kappa shape index (κ2) is 5.81. The van der Waals surface area contributed by atoms with Gasteiger partial charge in [0.25, 0.3) is 0 Å². The fraction of sp³-hybridized carbons (Fsp3) is 0.455. The molecule has 0 saturated carbocycles. The van der Waals surface area contributed by atoms with E-state index >= 15 is 0 Å². The monoisotopic (exact) mass is 459 g/mol. The molecule has 1 aromatic rings.